The van der Waals surface area contributed by atoms with E-state index in [0.29, 0.717) is 22.4 Å². The third-order valence-corrected chi connectivity index (χ3v) is 10.3. The van der Waals surface area contributed by atoms with Crippen molar-refractivity contribution in [3.8, 4) is 0 Å². The number of nitrogens with zero attached hydrogens (tertiary/aromatic N) is 3. The van der Waals surface area contributed by atoms with Crippen LogP contribution in [0.15, 0.2) is 80.9 Å². The fourth-order valence-electron chi connectivity index (χ4n) is 3.72. The topological polar surface area (TPSA) is 157 Å². The lowest BCUT2D eigenvalue weighted by atomic mass is 10.1. The quantitative estimate of drug-likeness (QED) is 0.294. The zero-order chi connectivity index (χ0) is 25.0. The van der Waals surface area contributed by atoms with Crippen molar-refractivity contribution in [2.75, 3.05) is 16.2 Å². The summed E-state index contributed by atoms with van der Waals surface area (Å²) in [5, 5.41) is 14.5. The van der Waals surface area contributed by atoms with Gasteiger partial charge in [0.2, 0.25) is 15.7 Å². The number of nitro groups is 1. The van der Waals surface area contributed by atoms with Crippen LogP contribution in [-0.2, 0) is 24.7 Å². The van der Waals surface area contributed by atoms with E-state index in [9.17, 15) is 31.7 Å². The van der Waals surface area contributed by atoms with Crippen molar-refractivity contribution in [2.24, 2.45) is 0 Å². The molecule has 178 valence electrons. The summed E-state index contributed by atoms with van der Waals surface area (Å²) in [6.07, 6.45) is 1.06. The average Bonchev–Trinajstić information content (AvgIpc) is 3.38. The predicted octanol–water partition coefficient (Wildman–Crippen LogP) is 3.18. The van der Waals surface area contributed by atoms with Crippen LogP contribution in [0.1, 0.15) is 0 Å². The highest BCUT2D eigenvalue weighted by Gasteiger charge is 2.36. The van der Waals surface area contributed by atoms with Crippen molar-refractivity contribution >= 4 is 64.4 Å². The van der Waals surface area contributed by atoms with Crippen LogP contribution in [0.3, 0.4) is 0 Å². The molecule has 0 aliphatic carbocycles. The van der Waals surface area contributed by atoms with E-state index < -0.39 is 37.2 Å². The summed E-state index contributed by atoms with van der Waals surface area (Å²) in [7, 11) is -7.96. The molecule has 5 rings (SSSR count). The Morgan fingerprint density at radius 1 is 1.09 bits per heavy atom. The summed E-state index contributed by atoms with van der Waals surface area (Å²) in [6.45, 7) is -0.528. The number of sulfone groups is 1. The monoisotopic (exact) mass is 530 g/mol. The average molecular weight is 531 g/mol. The molecule has 0 unspecified atom stereocenters. The van der Waals surface area contributed by atoms with Crippen LogP contribution < -0.4 is 9.62 Å². The fourth-order valence-corrected chi connectivity index (χ4v) is 7.84. The van der Waals surface area contributed by atoms with Gasteiger partial charge >= 0.3 is 0 Å². The van der Waals surface area contributed by atoms with E-state index in [0.717, 1.165) is 40.2 Å². The van der Waals surface area contributed by atoms with Crippen molar-refractivity contribution in [2.45, 2.75) is 14.0 Å². The van der Waals surface area contributed by atoms with Gasteiger partial charge in [0.1, 0.15) is 10.8 Å². The second kappa shape index (κ2) is 8.11. The van der Waals surface area contributed by atoms with Gasteiger partial charge in [0.25, 0.3) is 15.7 Å². The first-order chi connectivity index (χ1) is 16.6. The minimum Gasteiger partial charge on any atom is -0.300 e. The molecule has 0 radical (unpaired) electrons. The molecule has 1 aliphatic heterocycles. The number of anilines is 2. The van der Waals surface area contributed by atoms with Gasteiger partial charge in [0, 0.05) is 17.5 Å². The van der Waals surface area contributed by atoms with Gasteiger partial charge in [-0.1, -0.05) is 35.6 Å². The van der Waals surface area contributed by atoms with Gasteiger partial charge in [-0.3, -0.25) is 19.2 Å². The smallest absolute Gasteiger partial charge is 0.269 e. The number of non-ortho nitro benzene ring substituents is 1. The maximum absolute atomic E-state index is 13.0. The van der Waals surface area contributed by atoms with Crippen LogP contribution in [-0.4, -0.2) is 39.2 Å². The molecule has 11 nitrogen and oxygen atoms in total. The first-order valence-corrected chi connectivity index (χ1v) is 13.6. The van der Waals surface area contributed by atoms with Gasteiger partial charge in [-0.05, 0) is 29.7 Å². The largest absolute Gasteiger partial charge is 0.300 e. The molecule has 1 N–H and O–H groups in total. The lowest BCUT2D eigenvalue weighted by Crippen LogP contribution is -2.35. The molecule has 1 aliphatic rings. The lowest BCUT2D eigenvalue weighted by molar-refractivity contribution is -0.384. The number of carbonyl (C=O) groups is 1. The maximum atomic E-state index is 13.0. The molecular weight excluding hydrogens is 516 g/mol. The van der Waals surface area contributed by atoms with Gasteiger partial charge < -0.3 is 5.32 Å². The number of amides is 1. The molecule has 0 atom stereocenters. The Hall–Kier alpha value is -3.88. The Morgan fingerprint density at radius 3 is 2.46 bits per heavy atom. The zero-order valence-corrected chi connectivity index (χ0v) is 19.9. The first-order valence-electron chi connectivity index (χ1n) is 9.89. The van der Waals surface area contributed by atoms with Gasteiger partial charge in [-0.15, -0.1) is 0 Å². The molecule has 0 fully saturated rings. The molecule has 1 amide bonds. The number of nitro benzene ring substituents is 1. The van der Waals surface area contributed by atoms with E-state index in [2.05, 4.69) is 10.3 Å². The van der Waals surface area contributed by atoms with Gasteiger partial charge in [-0.25, -0.2) is 21.8 Å². The highest BCUT2D eigenvalue weighted by atomic mass is 32.2. The minimum atomic E-state index is -4.02. The van der Waals surface area contributed by atoms with Gasteiger partial charge in [0.05, 0.1) is 26.6 Å². The second-order valence-corrected chi connectivity index (χ2v) is 12.5. The summed E-state index contributed by atoms with van der Waals surface area (Å²) in [4.78, 5) is 26.7. The molecule has 14 heteroatoms. The number of sulfonamides is 1. The molecule has 0 saturated carbocycles. The van der Waals surface area contributed by atoms with Crippen LogP contribution in [0.4, 0.5) is 16.5 Å². The number of benzene rings is 3. The van der Waals surface area contributed by atoms with Crippen molar-refractivity contribution < 1.29 is 26.6 Å². The third-order valence-electron chi connectivity index (χ3n) is 5.32. The Bertz CT molecular complexity index is 1730. The number of thiazole rings is 1. The number of rotatable bonds is 6. The number of aromatic nitrogens is 1. The first kappa shape index (κ1) is 22.9. The number of carbonyl (C=O) groups excluding carboxylic acids is 1. The van der Waals surface area contributed by atoms with Crippen molar-refractivity contribution in [3.63, 3.8) is 0 Å². The number of hydrogen-bond donors (Lipinski definition) is 1. The Balaban J connectivity index is 1.36. The Labute approximate surface area is 202 Å². The van der Waals surface area contributed by atoms with Crippen LogP contribution in [0.5, 0.6) is 0 Å². The van der Waals surface area contributed by atoms with Crippen LogP contribution >= 0.6 is 11.3 Å². The van der Waals surface area contributed by atoms with Crippen LogP contribution in [0, 0.1) is 10.1 Å². The molecule has 35 heavy (non-hydrogen) atoms. The predicted molar refractivity (Wildman–Crippen MR) is 128 cm³/mol. The lowest BCUT2D eigenvalue weighted by Gasteiger charge is -2.17. The minimum absolute atomic E-state index is 0.0391. The van der Waals surface area contributed by atoms with Crippen LogP contribution in [0.25, 0.3) is 10.8 Å². The zero-order valence-electron chi connectivity index (χ0n) is 17.5. The number of nitrogens with one attached hydrogen (secondary N) is 1. The normalized spacial score (nSPS) is 14.2. The molecule has 0 spiro atoms. The Morgan fingerprint density at radius 2 is 1.77 bits per heavy atom. The van der Waals surface area contributed by atoms with Gasteiger partial charge in [-0.2, -0.15) is 0 Å². The fraction of sp³-hybridized carbons (Fsp3) is 0.0476. The highest BCUT2D eigenvalue weighted by Crippen LogP contribution is 2.41. The van der Waals surface area contributed by atoms with E-state index >= 15 is 0 Å². The summed E-state index contributed by atoms with van der Waals surface area (Å²) < 4.78 is 52.5. The third kappa shape index (κ3) is 3.80. The second-order valence-electron chi connectivity index (χ2n) is 7.43. The molecule has 1 aromatic heterocycles. The maximum Gasteiger partial charge on any atom is 0.269 e. The summed E-state index contributed by atoms with van der Waals surface area (Å²) >= 11 is 0.680. The Kier molecular flexibility index (Phi) is 5.30. The molecule has 0 bridgehead atoms. The molecule has 4 aromatic rings. The van der Waals surface area contributed by atoms with E-state index in [-0.39, 0.29) is 24.8 Å². The highest BCUT2D eigenvalue weighted by molar-refractivity contribution is 7.94. The molecule has 2 heterocycles. The molecule has 0 saturated heterocycles. The molecule has 3 aromatic carbocycles. The van der Waals surface area contributed by atoms with E-state index in [1.54, 1.807) is 30.3 Å². The van der Waals surface area contributed by atoms with E-state index in [4.69, 9.17) is 0 Å². The van der Waals surface area contributed by atoms with Crippen molar-refractivity contribution in [3.05, 3.63) is 77.0 Å². The summed E-state index contributed by atoms with van der Waals surface area (Å²) in [5.74, 6) is -0.702. The number of hydrogen-bond acceptors (Lipinski definition) is 9. The van der Waals surface area contributed by atoms with Crippen molar-refractivity contribution in [1.29, 1.82) is 0 Å². The van der Waals surface area contributed by atoms with Crippen molar-refractivity contribution in [1.82, 2.24) is 4.98 Å². The SMILES string of the molecule is O=C(CN1c2cccc3cccc(c23)S1(=O)=O)Nc1ncc(S(=O)(=O)c2ccc([N+](=O)[O-])cc2)s1. The van der Waals surface area contributed by atoms with E-state index in [1.165, 1.54) is 6.07 Å². The standard InChI is InChI=1S/C21H14N4O7S3/c26-18(12-24-16-5-1-3-13-4-2-6-17(20(13)16)35(24,31)32)23-21-22-11-19(33-21)34(29,30)15-9-7-14(8-10-15)25(27)28/h1-11H,12H2,(H,22,23,26). The van der Waals surface area contributed by atoms with Crippen LogP contribution in [0.2, 0.25) is 0 Å². The molecular formula is C21H14N4O7S3. The van der Waals surface area contributed by atoms with Gasteiger partial charge in [0.15, 0.2) is 5.13 Å². The summed E-state index contributed by atoms with van der Waals surface area (Å²) in [5.41, 5.74) is 0.129. The summed E-state index contributed by atoms with van der Waals surface area (Å²) in [6, 6.07) is 14.4. The van der Waals surface area contributed by atoms with E-state index in [1.807, 2.05) is 0 Å².